The molecule has 0 saturated heterocycles. The van der Waals surface area contributed by atoms with E-state index in [4.69, 9.17) is 0 Å². The average molecular weight is 128 g/mol. The Morgan fingerprint density at radius 3 is 3.00 bits per heavy atom. The second kappa shape index (κ2) is 2.30. The molecule has 1 aliphatic heterocycles. The Morgan fingerprint density at radius 1 is 1.44 bits per heavy atom. The van der Waals surface area contributed by atoms with E-state index in [-0.39, 0.29) is 12.4 Å². The molecule has 0 unspecified atom stereocenters. The Labute approximate surface area is 51.1 Å². The van der Waals surface area contributed by atoms with E-state index in [9.17, 15) is 9.59 Å². The zero-order valence-electron chi connectivity index (χ0n) is 4.49. The first kappa shape index (κ1) is 5.81. The first-order valence-corrected chi connectivity index (χ1v) is 2.32. The molecule has 0 aromatic rings. The normalized spacial score (nSPS) is 18.2. The lowest BCUT2D eigenvalue weighted by atomic mass is 10.4. The van der Waals surface area contributed by atoms with Gasteiger partial charge in [0.25, 0.3) is 0 Å². The van der Waals surface area contributed by atoms with Crippen molar-refractivity contribution in [3.05, 3.63) is 12.3 Å². The summed E-state index contributed by atoms with van der Waals surface area (Å²) in [6.07, 6.45) is 1.32. The number of cyclic esters (lactones) is 2. The van der Waals surface area contributed by atoms with E-state index in [1.807, 2.05) is 0 Å². The van der Waals surface area contributed by atoms with Gasteiger partial charge in [-0.15, -0.1) is 0 Å². The van der Waals surface area contributed by atoms with Crippen LogP contribution in [0.1, 0.15) is 0 Å². The molecule has 4 nitrogen and oxygen atoms in total. The standard InChI is InChI=1S/C5H4O4/c6-4-1-2-8-5(7)9-3-4/h1-2H,3H2. The predicted molar refractivity (Wildman–Crippen MR) is 26.6 cm³/mol. The molecule has 0 atom stereocenters. The van der Waals surface area contributed by atoms with Gasteiger partial charge in [0.1, 0.15) is 6.26 Å². The highest BCUT2D eigenvalue weighted by molar-refractivity contribution is 5.92. The number of hydrogen-bond donors (Lipinski definition) is 0. The molecular formula is C5H4O4. The molecule has 0 N–H and O–H groups in total. The first-order valence-electron chi connectivity index (χ1n) is 2.32. The lowest BCUT2D eigenvalue weighted by Crippen LogP contribution is -2.07. The molecule has 48 valence electrons. The molecule has 0 aliphatic carbocycles. The van der Waals surface area contributed by atoms with Crippen LogP contribution in [0.3, 0.4) is 0 Å². The largest absolute Gasteiger partial charge is 0.513 e. The third-order valence-corrected chi connectivity index (χ3v) is 0.750. The summed E-state index contributed by atoms with van der Waals surface area (Å²) in [7, 11) is 0. The summed E-state index contributed by atoms with van der Waals surface area (Å²) in [5.74, 6) is -0.277. The van der Waals surface area contributed by atoms with Crippen molar-refractivity contribution >= 4 is 11.9 Å². The van der Waals surface area contributed by atoms with Crippen molar-refractivity contribution in [3.8, 4) is 0 Å². The van der Waals surface area contributed by atoms with E-state index >= 15 is 0 Å². The predicted octanol–water partition coefficient (Wildman–Crippen LogP) is 0.236. The van der Waals surface area contributed by atoms with Gasteiger partial charge >= 0.3 is 6.16 Å². The highest BCUT2D eigenvalue weighted by Crippen LogP contribution is 1.93. The van der Waals surface area contributed by atoms with Crippen molar-refractivity contribution in [1.82, 2.24) is 0 Å². The van der Waals surface area contributed by atoms with Crippen molar-refractivity contribution < 1.29 is 19.1 Å². The fourth-order valence-corrected chi connectivity index (χ4v) is 0.378. The van der Waals surface area contributed by atoms with Gasteiger partial charge in [0, 0.05) is 6.08 Å². The van der Waals surface area contributed by atoms with Gasteiger partial charge in [-0.1, -0.05) is 0 Å². The molecule has 0 fully saturated rings. The zero-order valence-corrected chi connectivity index (χ0v) is 4.49. The molecular weight excluding hydrogens is 124 g/mol. The molecule has 0 bridgehead atoms. The Hall–Kier alpha value is -1.32. The average Bonchev–Trinajstić information content (AvgIpc) is 1.97. The van der Waals surface area contributed by atoms with Crippen molar-refractivity contribution in [1.29, 1.82) is 0 Å². The van der Waals surface area contributed by atoms with E-state index in [0.717, 1.165) is 12.3 Å². The summed E-state index contributed by atoms with van der Waals surface area (Å²) in [5, 5.41) is 0. The Kier molecular flexibility index (Phi) is 1.48. The second-order valence-corrected chi connectivity index (χ2v) is 1.43. The Bertz CT molecular complexity index is 170. The minimum atomic E-state index is -0.836. The maximum atomic E-state index is 10.4. The number of ketones is 1. The molecule has 0 amide bonds. The fraction of sp³-hybridized carbons (Fsp3) is 0.200. The molecule has 1 rings (SSSR count). The van der Waals surface area contributed by atoms with Gasteiger partial charge in [-0.25, -0.2) is 4.79 Å². The minimum Gasteiger partial charge on any atom is -0.426 e. The highest BCUT2D eigenvalue weighted by Gasteiger charge is 2.08. The van der Waals surface area contributed by atoms with E-state index in [1.165, 1.54) is 0 Å². The van der Waals surface area contributed by atoms with Crippen molar-refractivity contribution in [3.63, 3.8) is 0 Å². The Balaban J connectivity index is 2.58. The van der Waals surface area contributed by atoms with Crippen LogP contribution in [0.25, 0.3) is 0 Å². The van der Waals surface area contributed by atoms with Crippen LogP contribution in [-0.2, 0) is 14.3 Å². The summed E-state index contributed by atoms with van der Waals surface area (Å²) in [5.41, 5.74) is 0. The van der Waals surface area contributed by atoms with Crippen LogP contribution in [-0.4, -0.2) is 18.5 Å². The van der Waals surface area contributed by atoms with Gasteiger partial charge in [0.15, 0.2) is 12.4 Å². The molecule has 0 aromatic carbocycles. The van der Waals surface area contributed by atoms with Gasteiger partial charge in [0.05, 0.1) is 0 Å². The molecule has 0 spiro atoms. The molecule has 0 radical (unpaired) electrons. The first-order chi connectivity index (χ1) is 4.29. The second-order valence-electron chi connectivity index (χ2n) is 1.43. The third-order valence-electron chi connectivity index (χ3n) is 0.750. The third kappa shape index (κ3) is 1.56. The number of hydrogen-bond acceptors (Lipinski definition) is 4. The molecule has 4 heteroatoms. The van der Waals surface area contributed by atoms with Crippen LogP contribution in [0.5, 0.6) is 0 Å². The molecule has 1 heterocycles. The fourth-order valence-electron chi connectivity index (χ4n) is 0.378. The van der Waals surface area contributed by atoms with Crippen LogP contribution in [0, 0.1) is 0 Å². The number of rotatable bonds is 0. The molecule has 0 aromatic heterocycles. The summed E-state index contributed by atoms with van der Waals surface area (Å²) in [6, 6.07) is 0. The smallest absolute Gasteiger partial charge is 0.426 e. The van der Waals surface area contributed by atoms with Gasteiger partial charge < -0.3 is 9.47 Å². The SMILES string of the molecule is O=C1C=COC(=O)OC1. The van der Waals surface area contributed by atoms with Crippen molar-refractivity contribution in [2.45, 2.75) is 0 Å². The van der Waals surface area contributed by atoms with Gasteiger partial charge in [-0.2, -0.15) is 0 Å². The lowest BCUT2D eigenvalue weighted by Gasteiger charge is -1.93. The van der Waals surface area contributed by atoms with Gasteiger partial charge in [-0.05, 0) is 0 Å². The summed E-state index contributed by atoms with van der Waals surface area (Å²) >= 11 is 0. The quantitative estimate of drug-likeness (QED) is 0.438. The topological polar surface area (TPSA) is 52.6 Å². The monoisotopic (exact) mass is 128 g/mol. The van der Waals surface area contributed by atoms with Crippen molar-refractivity contribution in [2.24, 2.45) is 0 Å². The summed E-state index contributed by atoms with van der Waals surface area (Å²) in [4.78, 5) is 20.6. The van der Waals surface area contributed by atoms with Crippen LogP contribution < -0.4 is 0 Å². The molecule has 0 saturated carbocycles. The van der Waals surface area contributed by atoms with E-state index < -0.39 is 6.16 Å². The number of carbonyl (C=O) groups excluding carboxylic acids is 2. The Morgan fingerprint density at radius 2 is 2.22 bits per heavy atom. The van der Waals surface area contributed by atoms with Crippen LogP contribution in [0.2, 0.25) is 0 Å². The molecule has 1 aliphatic rings. The molecule has 9 heavy (non-hydrogen) atoms. The summed E-state index contributed by atoms with van der Waals surface area (Å²) in [6.45, 7) is -0.227. The van der Waals surface area contributed by atoms with E-state index in [2.05, 4.69) is 9.47 Å². The van der Waals surface area contributed by atoms with E-state index in [0.29, 0.717) is 0 Å². The summed E-state index contributed by atoms with van der Waals surface area (Å²) < 4.78 is 8.45. The number of carbonyl (C=O) groups is 2. The van der Waals surface area contributed by atoms with Crippen molar-refractivity contribution in [2.75, 3.05) is 6.61 Å². The maximum Gasteiger partial charge on any atom is 0.513 e. The van der Waals surface area contributed by atoms with Crippen LogP contribution in [0.15, 0.2) is 12.3 Å². The minimum absolute atomic E-state index is 0.227. The van der Waals surface area contributed by atoms with Gasteiger partial charge in [0.2, 0.25) is 0 Å². The van der Waals surface area contributed by atoms with E-state index in [1.54, 1.807) is 0 Å². The lowest BCUT2D eigenvalue weighted by molar-refractivity contribution is -0.117. The van der Waals surface area contributed by atoms with Crippen LogP contribution >= 0.6 is 0 Å². The zero-order chi connectivity index (χ0) is 6.69. The van der Waals surface area contributed by atoms with Crippen LogP contribution in [0.4, 0.5) is 4.79 Å². The van der Waals surface area contributed by atoms with Gasteiger partial charge in [-0.3, -0.25) is 4.79 Å². The maximum absolute atomic E-state index is 10.4. The highest BCUT2D eigenvalue weighted by atomic mass is 16.7. The number of ether oxygens (including phenoxy) is 2.